The molecule has 0 saturated carbocycles. The average molecular weight is 281 g/mol. The van der Waals surface area contributed by atoms with Crippen LogP contribution in [0.15, 0.2) is 24.4 Å². The van der Waals surface area contributed by atoms with E-state index in [1.807, 2.05) is 6.92 Å². The molecule has 106 valence electrons. The number of rotatable bonds is 4. The number of benzene rings is 1. The third kappa shape index (κ3) is 3.14. The van der Waals surface area contributed by atoms with Gasteiger partial charge in [-0.05, 0) is 24.6 Å². The first kappa shape index (κ1) is 14.5. The van der Waals surface area contributed by atoms with Gasteiger partial charge in [-0.3, -0.25) is 0 Å². The normalized spacial score (nSPS) is 12.4. The number of halogens is 3. The third-order valence-corrected chi connectivity index (χ3v) is 2.95. The fraction of sp³-hybridized carbons (Fsp3) is 0.286. The van der Waals surface area contributed by atoms with Crippen molar-refractivity contribution in [3.63, 3.8) is 0 Å². The molecule has 0 saturated heterocycles. The second-order valence-electron chi connectivity index (χ2n) is 4.50. The SMILES string of the molecule is CCC(N)Cc1ccnc(-c2cc(F)c(F)c(F)c2)n1. The van der Waals surface area contributed by atoms with Crippen molar-refractivity contribution in [2.75, 3.05) is 0 Å². The van der Waals surface area contributed by atoms with Gasteiger partial charge in [0, 0.05) is 29.9 Å². The minimum absolute atomic E-state index is 0.0422. The lowest BCUT2D eigenvalue weighted by molar-refractivity contribution is 0.447. The molecule has 0 aliphatic rings. The van der Waals surface area contributed by atoms with Gasteiger partial charge in [-0.1, -0.05) is 6.92 Å². The molecule has 3 nitrogen and oxygen atoms in total. The molecule has 0 bridgehead atoms. The van der Waals surface area contributed by atoms with Crippen LogP contribution in [0.1, 0.15) is 19.0 Å². The molecule has 0 aliphatic heterocycles. The molecule has 1 heterocycles. The number of hydrogen-bond donors (Lipinski definition) is 1. The molecule has 0 fully saturated rings. The van der Waals surface area contributed by atoms with Crippen molar-refractivity contribution in [2.24, 2.45) is 5.73 Å². The first-order chi connectivity index (χ1) is 9.51. The molecular formula is C14H14F3N3. The second-order valence-corrected chi connectivity index (χ2v) is 4.50. The lowest BCUT2D eigenvalue weighted by atomic mass is 10.1. The van der Waals surface area contributed by atoms with E-state index in [0.29, 0.717) is 12.1 Å². The number of nitrogens with two attached hydrogens (primary N) is 1. The van der Waals surface area contributed by atoms with E-state index in [2.05, 4.69) is 9.97 Å². The highest BCUT2D eigenvalue weighted by Crippen LogP contribution is 2.21. The summed E-state index contributed by atoms with van der Waals surface area (Å²) in [5.74, 6) is -3.89. The van der Waals surface area contributed by atoms with Gasteiger partial charge in [0.1, 0.15) is 0 Å². The molecule has 1 atom stereocenters. The Balaban J connectivity index is 2.36. The van der Waals surface area contributed by atoms with Crippen molar-refractivity contribution in [2.45, 2.75) is 25.8 Å². The fourth-order valence-corrected chi connectivity index (χ4v) is 1.75. The predicted molar refractivity (Wildman–Crippen MR) is 69.3 cm³/mol. The summed E-state index contributed by atoms with van der Waals surface area (Å²) in [6.45, 7) is 1.96. The number of hydrogen-bond acceptors (Lipinski definition) is 3. The topological polar surface area (TPSA) is 51.8 Å². The van der Waals surface area contributed by atoms with Gasteiger partial charge in [-0.2, -0.15) is 0 Å². The maximum atomic E-state index is 13.2. The fourth-order valence-electron chi connectivity index (χ4n) is 1.75. The van der Waals surface area contributed by atoms with Crippen LogP contribution in [0.25, 0.3) is 11.4 Å². The smallest absolute Gasteiger partial charge is 0.194 e. The molecule has 6 heteroatoms. The molecule has 20 heavy (non-hydrogen) atoms. The van der Waals surface area contributed by atoms with Gasteiger partial charge in [0.2, 0.25) is 0 Å². The summed E-state index contributed by atoms with van der Waals surface area (Å²) >= 11 is 0. The molecule has 2 N–H and O–H groups in total. The van der Waals surface area contributed by atoms with Crippen LogP contribution in [0.5, 0.6) is 0 Å². The summed E-state index contributed by atoms with van der Waals surface area (Å²) < 4.78 is 39.3. The van der Waals surface area contributed by atoms with E-state index < -0.39 is 17.5 Å². The van der Waals surface area contributed by atoms with Crippen molar-refractivity contribution >= 4 is 0 Å². The monoisotopic (exact) mass is 281 g/mol. The van der Waals surface area contributed by atoms with Gasteiger partial charge in [-0.25, -0.2) is 23.1 Å². The molecule has 0 aliphatic carbocycles. The number of nitrogens with zero attached hydrogens (tertiary/aromatic N) is 2. The van der Waals surface area contributed by atoms with Crippen LogP contribution in [0.4, 0.5) is 13.2 Å². The van der Waals surface area contributed by atoms with Gasteiger partial charge in [0.15, 0.2) is 23.3 Å². The summed E-state index contributed by atoms with van der Waals surface area (Å²) in [6.07, 6.45) is 2.82. The van der Waals surface area contributed by atoms with Gasteiger partial charge in [-0.15, -0.1) is 0 Å². The molecule has 2 rings (SSSR count). The highest BCUT2D eigenvalue weighted by atomic mass is 19.2. The Labute approximate surface area is 114 Å². The quantitative estimate of drug-likeness (QED) is 0.877. The van der Waals surface area contributed by atoms with Crippen molar-refractivity contribution in [1.29, 1.82) is 0 Å². The Morgan fingerprint density at radius 1 is 1.20 bits per heavy atom. The highest BCUT2D eigenvalue weighted by molar-refractivity contribution is 5.55. The zero-order valence-corrected chi connectivity index (χ0v) is 10.9. The minimum Gasteiger partial charge on any atom is -0.327 e. The molecule has 0 spiro atoms. The van der Waals surface area contributed by atoms with E-state index in [9.17, 15) is 13.2 Å². The number of aromatic nitrogens is 2. The van der Waals surface area contributed by atoms with Crippen molar-refractivity contribution in [3.8, 4) is 11.4 Å². The van der Waals surface area contributed by atoms with Gasteiger partial charge < -0.3 is 5.73 Å². The van der Waals surface area contributed by atoms with Crippen LogP contribution in [0.3, 0.4) is 0 Å². The Kier molecular flexibility index (Phi) is 4.34. The minimum atomic E-state index is -1.50. The Morgan fingerprint density at radius 2 is 1.85 bits per heavy atom. The van der Waals surface area contributed by atoms with Crippen LogP contribution in [-0.4, -0.2) is 16.0 Å². The summed E-state index contributed by atoms with van der Waals surface area (Å²) in [7, 11) is 0. The van der Waals surface area contributed by atoms with E-state index in [1.54, 1.807) is 6.07 Å². The first-order valence-corrected chi connectivity index (χ1v) is 6.23. The molecular weight excluding hydrogens is 267 g/mol. The van der Waals surface area contributed by atoms with Gasteiger partial charge in [0.05, 0.1) is 0 Å². The molecule has 0 radical (unpaired) electrons. The Hall–Kier alpha value is -1.95. The standard InChI is InChI=1S/C14H14F3N3/c1-2-9(18)7-10-3-4-19-14(20-10)8-5-11(15)13(17)12(16)6-8/h3-6,9H,2,7,18H2,1H3. The zero-order chi connectivity index (χ0) is 14.7. The van der Waals surface area contributed by atoms with Crippen LogP contribution in [0.2, 0.25) is 0 Å². The maximum absolute atomic E-state index is 13.2. The zero-order valence-electron chi connectivity index (χ0n) is 10.9. The molecule has 0 amide bonds. The van der Waals surface area contributed by atoms with Gasteiger partial charge in [0.25, 0.3) is 0 Å². The molecule has 1 unspecified atom stereocenters. The van der Waals surface area contributed by atoms with Crippen molar-refractivity contribution in [3.05, 3.63) is 47.5 Å². The third-order valence-electron chi connectivity index (χ3n) is 2.95. The summed E-state index contributed by atoms with van der Waals surface area (Å²) in [5, 5.41) is 0. The first-order valence-electron chi connectivity index (χ1n) is 6.23. The summed E-state index contributed by atoms with van der Waals surface area (Å²) in [4.78, 5) is 8.14. The largest absolute Gasteiger partial charge is 0.327 e. The molecule has 1 aromatic carbocycles. The van der Waals surface area contributed by atoms with E-state index in [4.69, 9.17) is 5.73 Å². The maximum Gasteiger partial charge on any atom is 0.194 e. The lowest BCUT2D eigenvalue weighted by Crippen LogP contribution is -2.22. The Morgan fingerprint density at radius 3 is 2.45 bits per heavy atom. The average Bonchev–Trinajstić information content (AvgIpc) is 2.44. The molecule has 1 aromatic heterocycles. The van der Waals surface area contributed by atoms with E-state index in [-0.39, 0.29) is 17.4 Å². The van der Waals surface area contributed by atoms with Crippen LogP contribution >= 0.6 is 0 Å². The molecule has 2 aromatic rings. The van der Waals surface area contributed by atoms with Crippen molar-refractivity contribution in [1.82, 2.24) is 9.97 Å². The van der Waals surface area contributed by atoms with E-state index in [1.165, 1.54) is 6.20 Å². The van der Waals surface area contributed by atoms with E-state index >= 15 is 0 Å². The van der Waals surface area contributed by atoms with Gasteiger partial charge >= 0.3 is 0 Å². The van der Waals surface area contributed by atoms with E-state index in [0.717, 1.165) is 18.6 Å². The highest BCUT2D eigenvalue weighted by Gasteiger charge is 2.13. The van der Waals surface area contributed by atoms with Crippen LogP contribution in [0, 0.1) is 17.5 Å². The van der Waals surface area contributed by atoms with Crippen LogP contribution in [-0.2, 0) is 6.42 Å². The lowest BCUT2D eigenvalue weighted by Gasteiger charge is -2.09. The Bertz CT molecular complexity index is 593. The summed E-state index contributed by atoms with van der Waals surface area (Å²) in [5.41, 5.74) is 6.60. The van der Waals surface area contributed by atoms with Crippen molar-refractivity contribution < 1.29 is 13.2 Å². The van der Waals surface area contributed by atoms with Crippen LogP contribution < -0.4 is 5.73 Å². The second kappa shape index (κ2) is 6.00. The summed E-state index contributed by atoms with van der Waals surface area (Å²) in [6, 6.07) is 3.39. The predicted octanol–water partition coefficient (Wildman–Crippen LogP) is 2.84.